The zero-order valence-electron chi connectivity index (χ0n) is 5.32. The number of aliphatic carboxylic acids is 1. The average molecular weight is 143 g/mol. The van der Waals surface area contributed by atoms with Crippen molar-refractivity contribution in [1.29, 1.82) is 0 Å². The van der Waals surface area contributed by atoms with E-state index in [1.165, 1.54) is 0 Å². The molecular formula is C5H7N2O3-. The van der Waals surface area contributed by atoms with Crippen molar-refractivity contribution in [2.24, 2.45) is 5.29 Å². The standard InChI is InChI=1S/C5H8N2O3/c8-5(9)4-2-1-3-7(4)6-10/h4H,1-3H2,(H,8,9)/p-1/t4-/m0/s1. The summed E-state index contributed by atoms with van der Waals surface area (Å²) in [5.41, 5.74) is 0. The number of carbonyl (C=O) groups excluding carboxylic acids is 1. The van der Waals surface area contributed by atoms with Crippen LogP contribution in [0.25, 0.3) is 0 Å². The molecule has 5 heteroatoms. The smallest absolute Gasteiger partial charge is 0.0896 e. The van der Waals surface area contributed by atoms with Crippen molar-refractivity contribution in [2.75, 3.05) is 6.54 Å². The zero-order valence-corrected chi connectivity index (χ0v) is 5.32. The van der Waals surface area contributed by atoms with Gasteiger partial charge in [-0.1, -0.05) is 0 Å². The molecule has 10 heavy (non-hydrogen) atoms. The van der Waals surface area contributed by atoms with E-state index < -0.39 is 12.0 Å². The van der Waals surface area contributed by atoms with Crippen LogP contribution in [0.15, 0.2) is 5.29 Å². The van der Waals surface area contributed by atoms with Gasteiger partial charge in [0.25, 0.3) is 0 Å². The number of rotatable bonds is 2. The van der Waals surface area contributed by atoms with Gasteiger partial charge in [0, 0.05) is 6.54 Å². The Morgan fingerprint density at radius 2 is 2.40 bits per heavy atom. The molecule has 5 nitrogen and oxygen atoms in total. The fraction of sp³-hybridized carbons (Fsp3) is 0.800. The van der Waals surface area contributed by atoms with Crippen LogP contribution in [0.4, 0.5) is 0 Å². The molecule has 0 spiro atoms. The molecule has 1 atom stereocenters. The molecule has 0 aromatic carbocycles. The molecule has 0 amide bonds. The lowest BCUT2D eigenvalue weighted by molar-refractivity contribution is -0.310. The second kappa shape index (κ2) is 2.64. The summed E-state index contributed by atoms with van der Waals surface area (Å²) in [4.78, 5) is 20.1. The molecule has 0 aliphatic carbocycles. The zero-order chi connectivity index (χ0) is 7.56. The predicted molar refractivity (Wildman–Crippen MR) is 30.5 cm³/mol. The summed E-state index contributed by atoms with van der Waals surface area (Å²) in [5, 5.41) is 13.8. The fourth-order valence-corrected chi connectivity index (χ4v) is 1.09. The van der Waals surface area contributed by atoms with Crippen LogP contribution in [0, 0.1) is 4.91 Å². The van der Waals surface area contributed by atoms with Crippen molar-refractivity contribution in [3.8, 4) is 0 Å². The van der Waals surface area contributed by atoms with Crippen molar-refractivity contribution >= 4 is 5.97 Å². The van der Waals surface area contributed by atoms with E-state index in [1.54, 1.807) is 0 Å². The average Bonchev–Trinajstić information content (AvgIpc) is 2.33. The quantitative estimate of drug-likeness (QED) is 0.459. The second-order valence-corrected chi connectivity index (χ2v) is 2.22. The molecule has 0 N–H and O–H groups in total. The summed E-state index contributed by atoms with van der Waals surface area (Å²) in [6.07, 6.45) is 1.17. The van der Waals surface area contributed by atoms with E-state index in [0.29, 0.717) is 19.4 Å². The van der Waals surface area contributed by atoms with Crippen LogP contribution in [-0.2, 0) is 4.79 Å². The monoisotopic (exact) mass is 143 g/mol. The van der Waals surface area contributed by atoms with Crippen LogP contribution < -0.4 is 5.11 Å². The summed E-state index contributed by atoms with van der Waals surface area (Å²) in [6.45, 7) is 0.433. The first-order chi connectivity index (χ1) is 4.75. The summed E-state index contributed by atoms with van der Waals surface area (Å²) >= 11 is 0. The Morgan fingerprint density at radius 3 is 2.80 bits per heavy atom. The highest BCUT2D eigenvalue weighted by Crippen LogP contribution is 2.15. The maximum Gasteiger partial charge on any atom is 0.0896 e. The number of nitrogens with zero attached hydrogens (tertiary/aromatic N) is 2. The molecule has 0 bridgehead atoms. The van der Waals surface area contributed by atoms with E-state index in [9.17, 15) is 14.8 Å². The molecule has 1 aliphatic rings. The molecular weight excluding hydrogens is 136 g/mol. The van der Waals surface area contributed by atoms with Gasteiger partial charge in [-0.3, -0.25) is 5.01 Å². The molecule has 0 radical (unpaired) electrons. The first-order valence-corrected chi connectivity index (χ1v) is 3.06. The van der Waals surface area contributed by atoms with Gasteiger partial charge >= 0.3 is 0 Å². The molecule has 56 valence electrons. The summed E-state index contributed by atoms with van der Waals surface area (Å²) in [7, 11) is 0. The van der Waals surface area contributed by atoms with Crippen LogP contribution in [0.1, 0.15) is 12.8 Å². The Kier molecular flexibility index (Phi) is 1.84. The lowest BCUT2D eigenvalue weighted by Gasteiger charge is -2.17. The number of carboxylic acids is 1. The third-order valence-corrected chi connectivity index (χ3v) is 1.60. The topological polar surface area (TPSA) is 72.8 Å². The molecule has 0 unspecified atom stereocenters. The van der Waals surface area contributed by atoms with Gasteiger partial charge in [0.05, 0.1) is 17.3 Å². The highest BCUT2D eigenvalue weighted by Gasteiger charge is 2.24. The lowest BCUT2D eigenvalue weighted by atomic mass is 10.2. The summed E-state index contributed by atoms with van der Waals surface area (Å²) in [6, 6.07) is -0.794. The fourth-order valence-electron chi connectivity index (χ4n) is 1.09. The van der Waals surface area contributed by atoms with E-state index in [-0.39, 0.29) is 0 Å². The van der Waals surface area contributed by atoms with Crippen LogP contribution >= 0.6 is 0 Å². The van der Waals surface area contributed by atoms with Gasteiger partial charge in [0.15, 0.2) is 0 Å². The Balaban J connectivity index is 2.58. The second-order valence-electron chi connectivity index (χ2n) is 2.22. The van der Waals surface area contributed by atoms with E-state index in [0.717, 1.165) is 5.01 Å². The van der Waals surface area contributed by atoms with Gasteiger partial charge in [0.1, 0.15) is 0 Å². The maximum absolute atomic E-state index is 10.2. The van der Waals surface area contributed by atoms with E-state index in [1.807, 2.05) is 0 Å². The molecule has 0 saturated carbocycles. The van der Waals surface area contributed by atoms with Crippen molar-refractivity contribution in [3.05, 3.63) is 4.91 Å². The Labute approximate surface area is 57.6 Å². The molecule has 1 rings (SSSR count). The van der Waals surface area contributed by atoms with Crippen molar-refractivity contribution in [1.82, 2.24) is 5.01 Å². The highest BCUT2D eigenvalue weighted by atomic mass is 16.4. The third-order valence-electron chi connectivity index (χ3n) is 1.60. The number of hydrogen-bond acceptors (Lipinski definition) is 4. The van der Waals surface area contributed by atoms with Crippen LogP contribution in [0.3, 0.4) is 0 Å². The summed E-state index contributed by atoms with van der Waals surface area (Å²) < 4.78 is 0. The van der Waals surface area contributed by atoms with Gasteiger partial charge in [-0.05, 0) is 12.8 Å². The van der Waals surface area contributed by atoms with E-state index >= 15 is 0 Å². The van der Waals surface area contributed by atoms with Gasteiger partial charge in [-0.15, -0.1) is 4.91 Å². The molecule has 0 aromatic heterocycles. The van der Waals surface area contributed by atoms with Crippen LogP contribution in [0.5, 0.6) is 0 Å². The molecule has 1 heterocycles. The third kappa shape index (κ3) is 1.07. The SMILES string of the molecule is O=NN1CCC[C@H]1C(=O)[O-]. The highest BCUT2D eigenvalue weighted by molar-refractivity contribution is 5.71. The van der Waals surface area contributed by atoms with E-state index in [4.69, 9.17) is 0 Å². The van der Waals surface area contributed by atoms with Crippen molar-refractivity contribution in [3.63, 3.8) is 0 Å². The molecule has 1 aliphatic heterocycles. The largest absolute Gasteiger partial charge is 0.548 e. The number of hydrogen-bond donors (Lipinski definition) is 0. The molecule has 0 aromatic rings. The van der Waals surface area contributed by atoms with Gasteiger partial charge < -0.3 is 9.90 Å². The first-order valence-electron chi connectivity index (χ1n) is 3.06. The minimum Gasteiger partial charge on any atom is -0.548 e. The van der Waals surface area contributed by atoms with Crippen molar-refractivity contribution < 1.29 is 9.90 Å². The van der Waals surface area contributed by atoms with Gasteiger partial charge in [0.2, 0.25) is 0 Å². The first kappa shape index (κ1) is 6.98. The van der Waals surface area contributed by atoms with Crippen molar-refractivity contribution in [2.45, 2.75) is 18.9 Å². The van der Waals surface area contributed by atoms with Gasteiger partial charge in [-0.2, -0.15) is 0 Å². The minimum absolute atomic E-state index is 0.433. The number of carbonyl (C=O) groups is 1. The Morgan fingerprint density at radius 1 is 1.70 bits per heavy atom. The van der Waals surface area contributed by atoms with E-state index in [2.05, 4.69) is 5.29 Å². The Bertz CT molecular complexity index is 159. The van der Waals surface area contributed by atoms with Crippen LogP contribution in [-0.4, -0.2) is 23.6 Å². The van der Waals surface area contributed by atoms with Gasteiger partial charge in [-0.25, -0.2) is 0 Å². The predicted octanol–water partition coefficient (Wildman–Crippen LogP) is -1.12. The maximum atomic E-state index is 10.2. The molecule has 1 fully saturated rings. The van der Waals surface area contributed by atoms with Crippen LogP contribution in [0.2, 0.25) is 0 Å². The number of nitroso groups, excluding NO2 is 1. The molecule has 1 saturated heterocycles. The Hall–Kier alpha value is -1.13. The minimum atomic E-state index is -1.21. The number of carboxylic acid groups (broad SMARTS) is 1. The normalized spacial score (nSPS) is 24.8. The summed E-state index contributed by atoms with van der Waals surface area (Å²) in [5.74, 6) is -1.21. The lowest BCUT2D eigenvalue weighted by Crippen LogP contribution is -2.41.